The van der Waals surface area contributed by atoms with Crippen LogP contribution in [0.5, 0.6) is 0 Å². The Morgan fingerprint density at radius 2 is 1.90 bits per heavy atom. The van der Waals surface area contributed by atoms with E-state index in [1.165, 1.54) is 4.90 Å². The molecule has 1 aliphatic carbocycles. The molecule has 112 valence electrons. The Balaban J connectivity index is 1.80. The highest BCUT2D eigenvalue weighted by molar-refractivity contribution is 6.05. The van der Waals surface area contributed by atoms with Crippen LogP contribution in [0, 0.1) is 18.8 Å². The maximum Gasteiger partial charge on any atom is 0.233 e. The number of aromatic nitrogens is 2. The summed E-state index contributed by atoms with van der Waals surface area (Å²) in [6.45, 7) is 4.83. The number of likely N-dealkylation sites (tertiary alicyclic amines) is 1. The molecule has 0 bridgehead atoms. The van der Waals surface area contributed by atoms with Gasteiger partial charge in [-0.05, 0) is 26.7 Å². The highest BCUT2D eigenvalue weighted by atomic mass is 16.2. The minimum atomic E-state index is -0.101. The number of nitrogens with one attached hydrogen (secondary N) is 1. The molecule has 2 amide bonds. The Kier molecular flexibility index (Phi) is 3.61. The molecule has 0 aromatic carbocycles. The third-order valence-electron chi connectivity index (χ3n) is 4.24. The second kappa shape index (κ2) is 5.42. The van der Waals surface area contributed by atoms with Crippen LogP contribution in [0.3, 0.4) is 0 Å². The molecule has 0 spiro atoms. The van der Waals surface area contributed by atoms with Gasteiger partial charge in [-0.25, -0.2) is 9.97 Å². The van der Waals surface area contributed by atoms with Crippen molar-refractivity contribution in [3.8, 4) is 0 Å². The summed E-state index contributed by atoms with van der Waals surface area (Å²) in [5, 5.41) is 3.14. The van der Waals surface area contributed by atoms with Gasteiger partial charge in [0.05, 0.1) is 18.4 Å². The van der Waals surface area contributed by atoms with Crippen LogP contribution in [-0.4, -0.2) is 33.2 Å². The average Bonchev–Trinajstić information content (AvgIpc) is 2.99. The summed E-state index contributed by atoms with van der Waals surface area (Å²) in [5.74, 6) is 0.966. The molecule has 6 nitrogen and oxygen atoms in total. The quantitative estimate of drug-likeness (QED) is 0.850. The number of carbonyl (C=O) groups is 2. The molecule has 2 atom stereocenters. The van der Waals surface area contributed by atoms with Gasteiger partial charge in [0, 0.05) is 18.3 Å². The fraction of sp³-hybridized carbons (Fsp3) is 0.600. The summed E-state index contributed by atoms with van der Waals surface area (Å²) in [6.07, 6.45) is 2.65. The third-order valence-corrected chi connectivity index (χ3v) is 4.24. The maximum atomic E-state index is 12.3. The van der Waals surface area contributed by atoms with Crippen molar-refractivity contribution in [2.24, 2.45) is 11.8 Å². The van der Waals surface area contributed by atoms with E-state index in [1.54, 1.807) is 0 Å². The van der Waals surface area contributed by atoms with Gasteiger partial charge in [-0.3, -0.25) is 14.5 Å². The number of nitrogens with zero attached hydrogens (tertiary/aromatic N) is 3. The summed E-state index contributed by atoms with van der Waals surface area (Å²) in [4.78, 5) is 34.7. The maximum absolute atomic E-state index is 12.3. The normalized spacial score (nSPS) is 24.6. The number of rotatable bonds is 4. The number of fused-ring (bicyclic) bond motifs is 1. The molecule has 0 radical (unpaired) electrons. The highest BCUT2D eigenvalue weighted by Gasteiger charge is 2.49. The zero-order valence-electron chi connectivity index (χ0n) is 12.4. The van der Waals surface area contributed by atoms with Crippen molar-refractivity contribution in [3.63, 3.8) is 0 Å². The van der Waals surface area contributed by atoms with Gasteiger partial charge in [-0.15, -0.1) is 0 Å². The molecule has 2 heterocycles. The van der Waals surface area contributed by atoms with Crippen LogP contribution < -0.4 is 5.32 Å². The fourth-order valence-corrected chi connectivity index (χ4v) is 3.33. The van der Waals surface area contributed by atoms with Crippen LogP contribution in [0.1, 0.15) is 37.7 Å². The summed E-state index contributed by atoms with van der Waals surface area (Å²) in [6, 6.07) is 1.86. The molecule has 1 aromatic rings. The molecule has 2 fully saturated rings. The molecule has 21 heavy (non-hydrogen) atoms. The number of aryl methyl sites for hydroxylation is 1. The molecule has 3 rings (SSSR count). The first kappa shape index (κ1) is 14.0. The molecular weight excluding hydrogens is 268 g/mol. The van der Waals surface area contributed by atoms with Gasteiger partial charge in [0.2, 0.25) is 11.8 Å². The molecular formula is C15H20N4O2. The van der Waals surface area contributed by atoms with Crippen molar-refractivity contribution in [1.82, 2.24) is 14.9 Å². The van der Waals surface area contributed by atoms with Crippen LogP contribution in [-0.2, 0) is 16.1 Å². The minimum absolute atomic E-state index is 0.0439. The lowest BCUT2D eigenvalue weighted by Crippen LogP contribution is -2.32. The SMILES string of the molecule is CCNc1cc(C)nc(CN2C(=O)C3CCCC3C2=O)n1. The zero-order chi connectivity index (χ0) is 15.0. The standard InChI is InChI=1S/C15H20N4O2/c1-3-16-12-7-9(2)17-13(18-12)8-19-14(20)10-5-4-6-11(10)15(19)21/h7,10-11H,3-6,8H2,1-2H3,(H,16,17,18). The van der Waals surface area contributed by atoms with E-state index in [0.717, 1.165) is 37.3 Å². The molecule has 1 saturated carbocycles. The first-order chi connectivity index (χ1) is 10.1. The number of carbonyl (C=O) groups excluding carboxylic acids is 2. The summed E-state index contributed by atoms with van der Waals surface area (Å²) < 4.78 is 0. The van der Waals surface area contributed by atoms with Gasteiger partial charge in [-0.2, -0.15) is 0 Å². The number of imide groups is 1. The predicted octanol–water partition coefficient (Wildman–Crippen LogP) is 1.50. The second-order valence-electron chi connectivity index (χ2n) is 5.75. The third kappa shape index (κ3) is 2.50. The fourth-order valence-electron chi connectivity index (χ4n) is 3.33. The van der Waals surface area contributed by atoms with Gasteiger partial charge in [0.1, 0.15) is 5.82 Å². The van der Waals surface area contributed by atoms with E-state index in [2.05, 4.69) is 15.3 Å². The van der Waals surface area contributed by atoms with Crippen LogP contribution >= 0.6 is 0 Å². The summed E-state index contributed by atoms with van der Waals surface area (Å²) in [7, 11) is 0. The van der Waals surface area contributed by atoms with E-state index in [4.69, 9.17) is 0 Å². The zero-order valence-corrected chi connectivity index (χ0v) is 12.4. The highest BCUT2D eigenvalue weighted by Crippen LogP contribution is 2.40. The summed E-state index contributed by atoms with van der Waals surface area (Å²) in [5.41, 5.74) is 0.829. The smallest absolute Gasteiger partial charge is 0.233 e. The van der Waals surface area contributed by atoms with E-state index in [9.17, 15) is 9.59 Å². The Labute approximate surface area is 124 Å². The van der Waals surface area contributed by atoms with Gasteiger partial charge >= 0.3 is 0 Å². The second-order valence-corrected chi connectivity index (χ2v) is 5.75. The molecule has 1 aromatic heterocycles. The van der Waals surface area contributed by atoms with Gasteiger partial charge in [0.25, 0.3) is 0 Å². The average molecular weight is 288 g/mol. The topological polar surface area (TPSA) is 75.2 Å². The van der Waals surface area contributed by atoms with Crippen LogP contribution in [0.25, 0.3) is 0 Å². The molecule has 2 aliphatic rings. The molecule has 1 saturated heterocycles. The molecule has 1 N–H and O–H groups in total. The Hall–Kier alpha value is -1.98. The van der Waals surface area contributed by atoms with Crippen molar-refractivity contribution in [2.45, 2.75) is 39.7 Å². The number of anilines is 1. The largest absolute Gasteiger partial charge is 0.370 e. The van der Waals surface area contributed by atoms with Crippen molar-refractivity contribution < 1.29 is 9.59 Å². The lowest BCUT2D eigenvalue weighted by Gasteiger charge is -2.15. The van der Waals surface area contributed by atoms with E-state index < -0.39 is 0 Å². The first-order valence-electron chi connectivity index (χ1n) is 7.53. The Bertz CT molecular complexity index is 565. The van der Waals surface area contributed by atoms with Crippen molar-refractivity contribution in [1.29, 1.82) is 0 Å². The van der Waals surface area contributed by atoms with Gasteiger partial charge < -0.3 is 5.32 Å². The van der Waals surface area contributed by atoms with Crippen LogP contribution in [0.4, 0.5) is 5.82 Å². The Morgan fingerprint density at radius 1 is 1.24 bits per heavy atom. The lowest BCUT2D eigenvalue weighted by molar-refractivity contribution is -0.141. The van der Waals surface area contributed by atoms with E-state index in [-0.39, 0.29) is 30.2 Å². The van der Waals surface area contributed by atoms with Crippen LogP contribution in [0.2, 0.25) is 0 Å². The number of hydrogen-bond donors (Lipinski definition) is 1. The predicted molar refractivity (Wildman–Crippen MR) is 77.3 cm³/mol. The van der Waals surface area contributed by atoms with E-state index in [1.807, 2.05) is 19.9 Å². The van der Waals surface area contributed by atoms with Crippen molar-refractivity contribution in [2.75, 3.05) is 11.9 Å². The monoisotopic (exact) mass is 288 g/mol. The summed E-state index contributed by atoms with van der Waals surface area (Å²) >= 11 is 0. The van der Waals surface area contributed by atoms with E-state index in [0.29, 0.717) is 5.82 Å². The van der Waals surface area contributed by atoms with E-state index >= 15 is 0 Å². The Morgan fingerprint density at radius 3 is 2.52 bits per heavy atom. The molecule has 2 unspecified atom stereocenters. The van der Waals surface area contributed by atoms with Crippen molar-refractivity contribution >= 4 is 17.6 Å². The van der Waals surface area contributed by atoms with Crippen LogP contribution in [0.15, 0.2) is 6.07 Å². The molecule has 6 heteroatoms. The number of amides is 2. The molecule has 1 aliphatic heterocycles. The first-order valence-corrected chi connectivity index (χ1v) is 7.53. The lowest BCUT2D eigenvalue weighted by atomic mass is 10.00. The van der Waals surface area contributed by atoms with Gasteiger partial charge in [0.15, 0.2) is 5.82 Å². The van der Waals surface area contributed by atoms with Gasteiger partial charge in [-0.1, -0.05) is 6.42 Å². The van der Waals surface area contributed by atoms with Crippen molar-refractivity contribution in [3.05, 3.63) is 17.6 Å². The minimum Gasteiger partial charge on any atom is -0.370 e. The number of hydrogen-bond acceptors (Lipinski definition) is 5.